The summed E-state index contributed by atoms with van der Waals surface area (Å²) in [5.41, 5.74) is 2.69. The molecule has 0 aliphatic carbocycles. The molecule has 2 aromatic rings. The van der Waals surface area contributed by atoms with Crippen molar-refractivity contribution >= 4 is 23.4 Å². The number of halogens is 2. The third-order valence-electron chi connectivity index (χ3n) is 4.30. The van der Waals surface area contributed by atoms with Crippen molar-refractivity contribution in [2.45, 2.75) is 26.9 Å². The Morgan fingerprint density at radius 3 is 2.55 bits per heavy atom. The van der Waals surface area contributed by atoms with E-state index in [-0.39, 0.29) is 24.8 Å². The standard InChI is InChI=1S/C16H24N3O.2ClH/c1-3-18-14(2)19(16-7-5-4-6-15(16)18)9-8-17-10-12-20-13-11-17;;/h4-7H,3,8-13H2,1-2H3;2*1H/q+1;;/p-1. The summed E-state index contributed by atoms with van der Waals surface area (Å²) in [5, 5.41) is 0. The maximum atomic E-state index is 5.41. The van der Waals surface area contributed by atoms with Gasteiger partial charge in [-0.25, -0.2) is 9.13 Å². The number of hydrogen-bond acceptors (Lipinski definition) is 2. The molecule has 0 unspecified atom stereocenters. The number of benzene rings is 1. The predicted octanol–water partition coefficient (Wildman–Crippen LogP) is -0.985. The second kappa shape index (κ2) is 8.73. The van der Waals surface area contributed by atoms with E-state index in [0.717, 1.165) is 45.9 Å². The normalized spacial score (nSPS) is 15.4. The van der Waals surface area contributed by atoms with Gasteiger partial charge in [-0.2, -0.15) is 0 Å². The first kappa shape index (κ1) is 19.2. The Morgan fingerprint density at radius 1 is 1.18 bits per heavy atom. The average Bonchev–Trinajstić information content (AvgIpc) is 2.77. The Labute approximate surface area is 144 Å². The van der Waals surface area contributed by atoms with Crippen molar-refractivity contribution in [2.75, 3.05) is 32.8 Å². The van der Waals surface area contributed by atoms with Crippen LogP contribution in [0.25, 0.3) is 11.0 Å². The highest BCUT2D eigenvalue weighted by molar-refractivity contribution is 5.85. The van der Waals surface area contributed by atoms with Gasteiger partial charge >= 0.3 is 0 Å². The first-order valence-corrected chi connectivity index (χ1v) is 7.59. The van der Waals surface area contributed by atoms with Crippen LogP contribution in [0.5, 0.6) is 0 Å². The van der Waals surface area contributed by atoms with Crippen LogP contribution in [0.4, 0.5) is 0 Å². The van der Waals surface area contributed by atoms with E-state index in [0.29, 0.717) is 0 Å². The molecule has 6 heteroatoms. The molecule has 0 atom stereocenters. The summed E-state index contributed by atoms with van der Waals surface area (Å²) >= 11 is 0. The van der Waals surface area contributed by atoms with E-state index in [9.17, 15) is 0 Å². The first-order chi connectivity index (χ1) is 9.81. The lowest BCUT2D eigenvalue weighted by Crippen LogP contribution is -3.00. The Morgan fingerprint density at radius 2 is 1.86 bits per heavy atom. The average molecular weight is 346 g/mol. The first-order valence-electron chi connectivity index (χ1n) is 7.59. The minimum Gasteiger partial charge on any atom is -1.00 e. The minimum atomic E-state index is 0. The molecule has 4 nitrogen and oxygen atoms in total. The van der Waals surface area contributed by atoms with Crippen LogP contribution in [0.2, 0.25) is 0 Å². The van der Waals surface area contributed by atoms with E-state index in [4.69, 9.17) is 4.74 Å². The molecule has 1 fully saturated rings. The van der Waals surface area contributed by atoms with Crippen molar-refractivity contribution < 1.29 is 21.7 Å². The Bertz CT molecular complexity index is 594. The molecule has 22 heavy (non-hydrogen) atoms. The molecule has 0 radical (unpaired) electrons. The third kappa shape index (κ3) is 3.74. The van der Waals surface area contributed by atoms with Gasteiger partial charge in [0.2, 0.25) is 0 Å². The van der Waals surface area contributed by atoms with Crippen molar-refractivity contribution in [2.24, 2.45) is 0 Å². The molecule has 1 aliphatic rings. The number of imidazole rings is 1. The number of nitrogens with zero attached hydrogens (tertiary/aromatic N) is 3. The van der Waals surface area contributed by atoms with Crippen LogP contribution < -0.4 is 17.0 Å². The second-order valence-corrected chi connectivity index (χ2v) is 5.39. The molecule has 1 saturated heterocycles. The number of hydrogen-bond donors (Lipinski definition) is 0. The topological polar surface area (TPSA) is 21.3 Å². The fourth-order valence-electron chi connectivity index (χ4n) is 3.16. The van der Waals surface area contributed by atoms with Crippen LogP contribution in [-0.4, -0.2) is 42.3 Å². The summed E-state index contributed by atoms with van der Waals surface area (Å²) in [6, 6.07) is 8.71. The van der Waals surface area contributed by atoms with Gasteiger partial charge < -0.3 is 17.1 Å². The molecule has 124 valence electrons. The number of para-hydroxylation sites is 2. The third-order valence-corrected chi connectivity index (χ3v) is 4.30. The molecule has 2 heterocycles. The van der Waals surface area contributed by atoms with Gasteiger partial charge in [0.15, 0.2) is 11.0 Å². The van der Waals surface area contributed by atoms with Crippen molar-refractivity contribution in [3.05, 3.63) is 30.1 Å². The monoisotopic (exact) mass is 345 g/mol. The Balaban J connectivity index is 0.00000121. The smallest absolute Gasteiger partial charge is 0.254 e. The van der Waals surface area contributed by atoms with Gasteiger partial charge in [0.1, 0.15) is 6.54 Å². The SMILES string of the molecule is CCn1c(C)[n+](CCN2CCOCC2)c2ccccc21.Cl.[Cl-]. The van der Waals surface area contributed by atoms with Crippen LogP contribution in [-0.2, 0) is 17.8 Å². The lowest BCUT2D eigenvalue weighted by molar-refractivity contribution is -0.678. The summed E-state index contributed by atoms with van der Waals surface area (Å²) in [6.07, 6.45) is 0. The van der Waals surface area contributed by atoms with Crippen molar-refractivity contribution in [3.63, 3.8) is 0 Å². The van der Waals surface area contributed by atoms with Gasteiger partial charge in [0.25, 0.3) is 5.82 Å². The number of morpholine rings is 1. The molecule has 1 aromatic carbocycles. The Kier molecular flexibility index (Phi) is 7.63. The van der Waals surface area contributed by atoms with Crippen molar-refractivity contribution in [3.8, 4) is 0 Å². The van der Waals surface area contributed by atoms with Crippen molar-refractivity contribution in [1.29, 1.82) is 0 Å². The molecule has 0 N–H and O–H groups in total. The van der Waals surface area contributed by atoms with E-state index in [1.165, 1.54) is 16.9 Å². The molecule has 0 amide bonds. The number of aryl methyl sites for hydroxylation is 1. The number of fused-ring (bicyclic) bond motifs is 1. The van der Waals surface area contributed by atoms with Gasteiger partial charge in [-0.15, -0.1) is 12.4 Å². The molecular weight excluding hydrogens is 321 g/mol. The largest absolute Gasteiger partial charge is 1.00 e. The van der Waals surface area contributed by atoms with Crippen LogP contribution in [0, 0.1) is 6.92 Å². The van der Waals surface area contributed by atoms with Gasteiger partial charge in [0.05, 0.1) is 19.8 Å². The van der Waals surface area contributed by atoms with E-state index in [1.54, 1.807) is 0 Å². The number of ether oxygens (including phenoxy) is 1. The number of aromatic nitrogens is 2. The van der Waals surface area contributed by atoms with E-state index in [1.807, 2.05) is 0 Å². The molecule has 0 saturated carbocycles. The maximum Gasteiger partial charge on any atom is 0.254 e. The zero-order chi connectivity index (χ0) is 13.9. The molecular formula is C16H25Cl2N3O. The second-order valence-electron chi connectivity index (χ2n) is 5.39. The quantitative estimate of drug-likeness (QED) is 0.664. The summed E-state index contributed by atoms with van der Waals surface area (Å²) in [5.74, 6) is 1.35. The predicted molar refractivity (Wildman–Crippen MR) is 87.1 cm³/mol. The van der Waals surface area contributed by atoms with Crippen LogP contribution in [0.3, 0.4) is 0 Å². The summed E-state index contributed by atoms with van der Waals surface area (Å²) in [4.78, 5) is 2.49. The highest BCUT2D eigenvalue weighted by Gasteiger charge is 2.20. The zero-order valence-corrected chi connectivity index (χ0v) is 14.9. The van der Waals surface area contributed by atoms with Crippen LogP contribution in [0.1, 0.15) is 12.7 Å². The van der Waals surface area contributed by atoms with Gasteiger partial charge in [-0.1, -0.05) is 12.1 Å². The van der Waals surface area contributed by atoms with Crippen LogP contribution in [0.15, 0.2) is 24.3 Å². The van der Waals surface area contributed by atoms with E-state index in [2.05, 4.69) is 52.1 Å². The summed E-state index contributed by atoms with van der Waals surface area (Å²) < 4.78 is 10.3. The molecule has 1 aliphatic heterocycles. The summed E-state index contributed by atoms with van der Waals surface area (Å²) in [7, 11) is 0. The maximum absolute atomic E-state index is 5.41. The zero-order valence-electron chi connectivity index (χ0n) is 13.3. The van der Waals surface area contributed by atoms with Crippen LogP contribution >= 0.6 is 12.4 Å². The van der Waals surface area contributed by atoms with E-state index < -0.39 is 0 Å². The molecule has 1 aromatic heterocycles. The van der Waals surface area contributed by atoms with E-state index >= 15 is 0 Å². The fraction of sp³-hybridized carbons (Fsp3) is 0.562. The molecule has 0 spiro atoms. The molecule has 0 bridgehead atoms. The van der Waals surface area contributed by atoms with Gasteiger partial charge in [-0.05, 0) is 19.1 Å². The molecule has 3 rings (SSSR count). The Hall–Kier alpha value is -0.810. The lowest BCUT2D eigenvalue weighted by Gasteiger charge is -2.25. The fourth-order valence-corrected chi connectivity index (χ4v) is 3.16. The summed E-state index contributed by atoms with van der Waals surface area (Å²) in [6.45, 7) is 11.5. The highest BCUT2D eigenvalue weighted by atomic mass is 35.5. The highest BCUT2D eigenvalue weighted by Crippen LogP contribution is 2.13. The number of rotatable bonds is 4. The van der Waals surface area contributed by atoms with Gasteiger partial charge in [0, 0.05) is 26.6 Å². The van der Waals surface area contributed by atoms with Crippen molar-refractivity contribution in [1.82, 2.24) is 9.47 Å². The van der Waals surface area contributed by atoms with Gasteiger partial charge in [-0.3, -0.25) is 4.90 Å². The lowest BCUT2D eigenvalue weighted by atomic mass is 10.3. The minimum absolute atomic E-state index is 0.